The topological polar surface area (TPSA) is 68.7 Å². The molecule has 0 atom stereocenters. The Morgan fingerprint density at radius 3 is 2.63 bits per heavy atom. The van der Waals surface area contributed by atoms with E-state index in [-0.39, 0.29) is 5.91 Å². The molecule has 0 fully saturated rings. The van der Waals surface area contributed by atoms with Crippen molar-refractivity contribution in [2.75, 3.05) is 6.54 Å². The van der Waals surface area contributed by atoms with Crippen molar-refractivity contribution in [3.05, 3.63) is 106 Å². The maximum atomic E-state index is 12.5. The van der Waals surface area contributed by atoms with Crippen LogP contribution >= 0.6 is 11.6 Å². The molecule has 148 valence electrons. The SMILES string of the molecule is N#Cc1ccccc1Cc1ccc(C(=O)NCCc2c[nH]c3ccc(Cl)cc23)cc1. The zero-order chi connectivity index (χ0) is 20.9. The Morgan fingerprint density at radius 2 is 1.83 bits per heavy atom. The van der Waals surface area contributed by atoms with Gasteiger partial charge in [-0.3, -0.25) is 4.79 Å². The van der Waals surface area contributed by atoms with Crippen molar-refractivity contribution in [3.8, 4) is 6.07 Å². The molecule has 0 spiro atoms. The lowest BCUT2D eigenvalue weighted by molar-refractivity contribution is 0.0954. The predicted molar refractivity (Wildman–Crippen MR) is 120 cm³/mol. The maximum Gasteiger partial charge on any atom is 0.251 e. The normalized spacial score (nSPS) is 10.7. The molecule has 2 N–H and O–H groups in total. The number of rotatable bonds is 6. The van der Waals surface area contributed by atoms with Crippen molar-refractivity contribution >= 4 is 28.4 Å². The first-order chi connectivity index (χ1) is 14.6. The molecule has 4 rings (SSSR count). The number of halogens is 1. The van der Waals surface area contributed by atoms with Gasteiger partial charge in [0.05, 0.1) is 11.6 Å². The van der Waals surface area contributed by atoms with Crippen LogP contribution in [0, 0.1) is 11.3 Å². The number of hydrogen-bond acceptors (Lipinski definition) is 2. The molecule has 0 bridgehead atoms. The summed E-state index contributed by atoms with van der Waals surface area (Å²) in [6.45, 7) is 0.537. The minimum absolute atomic E-state index is 0.100. The Labute approximate surface area is 180 Å². The monoisotopic (exact) mass is 413 g/mol. The Bertz CT molecular complexity index is 1240. The van der Waals surface area contributed by atoms with Gasteiger partial charge in [0.25, 0.3) is 5.91 Å². The molecule has 1 aromatic heterocycles. The number of carbonyl (C=O) groups excluding carboxylic acids is 1. The van der Waals surface area contributed by atoms with Crippen molar-refractivity contribution < 1.29 is 4.79 Å². The highest BCUT2D eigenvalue weighted by molar-refractivity contribution is 6.31. The van der Waals surface area contributed by atoms with Gasteiger partial charge in [-0.1, -0.05) is 41.9 Å². The number of nitriles is 1. The van der Waals surface area contributed by atoms with Crippen LogP contribution in [-0.2, 0) is 12.8 Å². The Morgan fingerprint density at radius 1 is 1.03 bits per heavy atom. The number of aromatic nitrogens is 1. The van der Waals surface area contributed by atoms with Crippen LogP contribution in [0.1, 0.15) is 32.6 Å². The largest absolute Gasteiger partial charge is 0.361 e. The van der Waals surface area contributed by atoms with Gasteiger partial charge < -0.3 is 10.3 Å². The van der Waals surface area contributed by atoms with Gasteiger partial charge in [0.15, 0.2) is 0 Å². The van der Waals surface area contributed by atoms with Crippen LogP contribution in [0.4, 0.5) is 0 Å². The van der Waals surface area contributed by atoms with E-state index in [0.29, 0.717) is 29.1 Å². The third-order valence-electron chi connectivity index (χ3n) is 5.16. The molecule has 0 radical (unpaired) electrons. The zero-order valence-corrected chi connectivity index (χ0v) is 17.0. The molecule has 1 amide bonds. The minimum atomic E-state index is -0.100. The van der Waals surface area contributed by atoms with Gasteiger partial charge in [-0.25, -0.2) is 0 Å². The van der Waals surface area contributed by atoms with Crippen molar-refractivity contribution in [1.29, 1.82) is 5.26 Å². The lowest BCUT2D eigenvalue weighted by atomic mass is 9.99. The smallest absolute Gasteiger partial charge is 0.251 e. The molecule has 30 heavy (non-hydrogen) atoms. The fraction of sp³-hybridized carbons (Fsp3) is 0.120. The molecule has 1 heterocycles. The van der Waals surface area contributed by atoms with Gasteiger partial charge in [-0.05, 0) is 65.9 Å². The van der Waals surface area contributed by atoms with E-state index in [1.807, 2.05) is 72.9 Å². The molecule has 0 unspecified atom stereocenters. The van der Waals surface area contributed by atoms with Gasteiger partial charge in [0, 0.05) is 34.2 Å². The molecule has 4 nitrogen and oxygen atoms in total. The zero-order valence-electron chi connectivity index (χ0n) is 16.3. The number of nitrogens with zero attached hydrogens (tertiary/aromatic N) is 1. The highest BCUT2D eigenvalue weighted by Crippen LogP contribution is 2.22. The first-order valence-electron chi connectivity index (χ1n) is 9.75. The third-order valence-corrected chi connectivity index (χ3v) is 5.39. The van der Waals surface area contributed by atoms with E-state index >= 15 is 0 Å². The van der Waals surface area contributed by atoms with E-state index in [9.17, 15) is 10.1 Å². The Hall–Kier alpha value is -3.55. The molecule has 0 aliphatic carbocycles. The summed E-state index contributed by atoms with van der Waals surface area (Å²) in [6, 6.07) is 23.1. The summed E-state index contributed by atoms with van der Waals surface area (Å²) in [5.41, 5.74) is 5.50. The summed E-state index contributed by atoms with van der Waals surface area (Å²) >= 11 is 6.09. The lowest BCUT2D eigenvalue weighted by Gasteiger charge is -2.07. The van der Waals surface area contributed by atoms with E-state index in [1.54, 1.807) is 0 Å². The van der Waals surface area contributed by atoms with Crippen molar-refractivity contribution in [3.63, 3.8) is 0 Å². The van der Waals surface area contributed by atoms with Crippen LogP contribution in [-0.4, -0.2) is 17.4 Å². The number of hydrogen-bond donors (Lipinski definition) is 2. The van der Waals surface area contributed by atoms with Gasteiger partial charge in [0.1, 0.15) is 0 Å². The van der Waals surface area contributed by atoms with Crippen LogP contribution < -0.4 is 5.32 Å². The average molecular weight is 414 g/mol. The van der Waals surface area contributed by atoms with Gasteiger partial charge in [0.2, 0.25) is 0 Å². The minimum Gasteiger partial charge on any atom is -0.361 e. The molecule has 4 aromatic rings. The van der Waals surface area contributed by atoms with E-state index in [0.717, 1.165) is 34.0 Å². The van der Waals surface area contributed by atoms with Crippen LogP contribution in [0.3, 0.4) is 0 Å². The number of fused-ring (bicyclic) bond motifs is 1. The van der Waals surface area contributed by atoms with E-state index in [2.05, 4.69) is 16.4 Å². The first kappa shape index (κ1) is 19.8. The van der Waals surface area contributed by atoms with Crippen molar-refractivity contribution in [2.45, 2.75) is 12.8 Å². The molecule has 3 aromatic carbocycles. The second-order valence-corrected chi connectivity index (χ2v) is 7.59. The third kappa shape index (κ3) is 4.37. The fourth-order valence-electron chi connectivity index (χ4n) is 3.55. The Kier molecular flexibility index (Phi) is 5.83. The second kappa shape index (κ2) is 8.86. The summed E-state index contributed by atoms with van der Waals surface area (Å²) < 4.78 is 0. The van der Waals surface area contributed by atoms with Crippen LogP contribution in [0.25, 0.3) is 10.9 Å². The Balaban J connectivity index is 1.36. The molecule has 0 aliphatic rings. The predicted octanol–water partition coefficient (Wildman–Crippen LogP) is 5.26. The van der Waals surface area contributed by atoms with E-state index in [4.69, 9.17) is 11.6 Å². The molecule has 0 aliphatic heterocycles. The molecule has 5 heteroatoms. The van der Waals surface area contributed by atoms with Gasteiger partial charge in [-0.2, -0.15) is 5.26 Å². The summed E-state index contributed by atoms with van der Waals surface area (Å²) in [4.78, 5) is 15.7. The van der Waals surface area contributed by atoms with Crippen LogP contribution in [0.5, 0.6) is 0 Å². The summed E-state index contributed by atoms with van der Waals surface area (Å²) in [6.07, 6.45) is 3.34. The van der Waals surface area contributed by atoms with Crippen molar-refractivity contribution in [1.82, 2.24) is 10.3 Å². The number of aromatic amines is 1. The van der Waals surface area contributed by atoms with E-state index in [1.165, 1.54) is 0 Å². The van der Waals surface area contributed by atoms with Gasteiger partial charge in [-0.15, -0.1) is 0 Å². The maximum absolute atomic E-state index is 12.5. The highest BCUT2D eigenvalue weighted by Gasteiger charge is 2.08. The number of H-pyrrole nitrogens is 1. The number of benzene rings is 3. The molecular weight excluding hydrogens is 394 g/mol. The van der Waals surface area contributed by atoms with Crippen molar-refractivity contribution in [2.24, 2.45) is 0 Å². The standard InChI is InChI=1S/C25H20ClN3O/c26-22-9-10-24-23(14-22)21(16-29-24)11-12-28-25(30)18-7-5-17(6-8-18)13-19-3-1-2-4-20(19)15-27/h1-10,14,16,29H,11-13H2,(H,28,30). The van der Waals surface area contributed by atoms with Crippen LogP contribution in [0.2, 0.25) is 5.02 Å². The summed E-state index contributed by atoms with van der Waals surface area (Å²) in [5, 5.41) is 14.0. The molecule has 0 saturated carbocycles. The summed E-state index contributed by atoms with van der Waals surface area (Å²) in [5.74, 6) is -0.100. The number of carbonyl (C=O) groups is 1. The molecule has 0 saturated heterocycles. The second-order valence-electron chi connectivity index (χ2n) is 7.15. The highest BCUT2D eigenvalue weighted by atomic mass is 35.5. The quantitative estimate of drug-likeness (QED) is 0.453. The summed E-state index contributed by atoms with van der Waals surface area (Å²) in [7, 11) is 0. The number of amides is 1. The van der Waals surface area contributed by atoms with E-state index < -0.39 is 0 Å². The van der Waals surface area contributed by atoms with Crippen LogP contribution in [0.15, 0.2) is 72.9 Å². The fourth-order valence-corrected chi connectivity index (χ4v) is 3.72. The van der Waals surface area contributed by atoms with Gasteiger partial charge >= 0.3 is 0 Å². The average Bonchev–Trinajstić information content (AvgIpc) is 3.16. The first-order valence-corrected chi connectivity index (χ1v) is 10.1. The lowest BCUT2D eigenvalue weighted by Crippen LogP contribution is -2.25. The number of nitrogens with one attached hydrogen (secondary N) is 2. The molecular formula is C25H20ClN3O.